The van der Waals surface area contributed by atoms with E-state index in [0.29, 0.717) is 30.2 Å². The Morgan fingerprint density at radius 1 is 1.03 bits per heavy atom. The number of carboxylic acids is 1. The third-order valence-electron chi connectivity index (χ3n) is 6.47. The minimum atomic E-state index is -1.01. The normalized spacial score (nSPS) is 16.6. The lowest BCUT2D eigenvalue weighted by Crippen LogP contribution is -2.41. The second-order valence-corrected chi connectivity index (χ2v) is 8.47. The second-order valence-electron chi connectivity index (χ2n) is 8.47. The summed E-state index contributed by atoms with van der Waals surface area (Å²) in [4.78, 5) is 34.1. The van der Waals surface area contributed by atoms with Crippen LogP contribution in [-0.2, 0) is 11.2 Å². The van der Waals surface area contributed by atoms with Crippen molar-refractivity contribution in [1.82, 2.24) is 9.88 Å². The molecule has 0 radical (unpaired) electrons. The first-order chi connectivity index (χ1) is 17.1. The number of para-hydroxylation sites is 1. The van der Waals surface area contributed by atoms with Gasteiger partial charge in [0.2, 0.25) is 6.79 Å². The molecule has 0 fully saturated rings. The lowest BCUT2D eigenvalue weighted by molar-refractivity contribution is -0.125. The number of hydrogen-bond acceptors (Lipinski definition) is 5. The Balaban J connectivity index is 1.38. The number of aromatic nitrogens is 1. The van der Waals surface area contributed by atoms with Gasteiger partial charge in [0.05, 0.1) is 23.5 Å². The molecular formula is C27H21N3O5. The molecule has 2 N–H and O–H groups in total. The monoisotopic (exact) mass is 467 g/mol. The fourth-order valence-corrected chi connectivity index (χ4v) is 4.80. The predicted molar refractivity (Wildman–Crippen MR) is 130 cm³/mol. The SMILES string of the molecule is O=C(O)c1ccc(N=CC(=O)N2CCc3c([nH]c4ccccc34)C2c2ccc3c(c2)OCO3)cc1. The van der Waals surface area contributed by atoms with Crippen LogP contribution in [0.4, 0.5) is 5.69 Å². The van der Waals surface area contributed by atoms with Gasteiger partial charge in [0.25, 0.3) is 5.91 Å². The molecule has 2 aliphatic heterocycles. The molecule has 1 aromatic heterocycles. The van der Waals surface area contributed by atoms with Crippen LogP contribution >= 0.6 is 0 Å². The highest BCUT2D eigenvalue weighted by Crippen LogP contribution is 2.42. The van der Waals surface area contributed by atoms with Crippen LogP contribution in [0.5, 0.6) is 11.5 Å². The van der Waals surface area contributed by atoms with Crippen molar-refractivity contribution in [2.45, 2.75) is 12.5 Å². The maximum Gasteiger partial charge on any atom is 0.335 e. The van der Waals surface area contributed by atoms with E-state index < -0.39 is 5.97 Å². The zero-order chi connectivity index (χ0) is 23.9. The van der Waals surface area contributed by atoms with E-state index in [1.807, 2.05) is 36.4 Å². The topological polar surface area (TPSA) is 104 Å². The molecule has 6 rings (SSSR count). The molecule has 0 saturated carbocycles. The summed E-state index contributed by atoms with van der Waals surface area (Å²) in [5, 5.41) is 10.2. The lowest BCUT2D eigenvalue weighted by Gasteiger charge is -2.35. The summed E-state index contributed by atoms with van der Waals surface area (Å²) in [6, 6.07) is 19.6. The maximum atomic E-state index is 13.4. The molecule has 2 aliphatic rings. The molecule has 1 unspecified atom stereocenters. The molecule has 3 aromatic carbocycles. The number of aliphatic imine (C=N–C) groups is 1. The molecule has 0 saturated heterocycles. The molecular weight excluding hydrogens is 446 g/mol. The predicted octanol–water partition coefficient (Wildman–Crippen LogP) is 4.47. The largest absolute Gasteiger partial charge is 0.478 e. The summed E-state index contributed by atoms with van der Waals surface area (Å²) in [6.07, 6.45) is 2.01. The van der Waals surface area contributed by atoms with Crippen molar-refractivity contribution in [1.29, 1.82) is 0 Å². The Kier molecular flexibility index (Phi) is 4.99. The number of ether oxygens (including phenoxy) is 2. The molecule has 174 valence electrons. The van der Waals surface area contributed by atoms with Gasteiger partial charge < -0.3 is 24.5 Å². The fraction of sp³-hybridized carbons (Fsp3) is 0.148. The first-order valence-corrected chi connectivity index (χ1v) is 11.3. The summed E-state index contributed by atoms with van der Waals surface area (Å²) < 4.78 is 11.1. The average molecular weight is 467 g/mol. The summed E-state index contributed by atoms with van der Waals surface area (Å²) in [5.74, 6) is 0.0981. The van der Waals surface area contributed by atoms with E-state index in [1.165, 1.54) is 23.9 Å². The molecule has 4 aromatic rings. The number of H-pyrrole nitrogens is 1. The van der Waals surface area contributed by atoms with Crippen LogP contribution in [0.15, 0.2) is 71.7 Å². The van der Waals surface area contributed by atoms with Gasteiger partial charge in [-0.15, -0.1) is 0 Å². The molecule has 1 amide bonds. The van der Waals surface area contributed by atoms with Gasteiger partial charge in [-0.3, -0.25) is 9.79 Å². The number of carbonyl (C=O) groups is 2. The van der Waals surface area contributed by atoms with Crippen molar-refractivity contribution >= 4 is 34.7 Å². The first kappa shape index (κ1) is 21.0. The minimum absolute atomic E-state index is 0.167. The van der Waals surface area contributed by atoms with Gasteiger partial charge in [-0.25, -0.2) is 4.79 Å². The van der Waals surface area contributed by atoms with Gasteiger partial charge >= 0.3 is 5.97 Å². The highest BCUT2D eigenvalue weighted by Gasteiger charge is 2.34. The zero-order valence-corrected chi connectivity index (χ0v) is 18.6. The van der Waals surface area contributed by atoms with Crippen LogP contribution in [0.25, 0.3) is 10.9 Å². The number of nitrogens with zero attached hydrogens (tertiary/aromatic N) is 2. The van der Waals surface area contributed by atoms with Gasteiger partial charge in [-0.05, 0) is 60.0 Å². The maximum absolute atomic E-state index is 13.4. The summed E-state index contributed by atoms with van der Waals surface area (Å²) >= 11 is 0. The van der Waals surface area contributed by atoms with Crippen molar-refractivity contribution in [3.63, 3.8) is 0 Å². The van der Waals surface area contributed by atoms with Gasteiger partial charge in [-0.1, -0.05) is 24.3 Å². The number of benzene rings is 3. The van der Waals surface area contributed by atoms with Crippen LogP contribution in [0, 0.1) is 0 Å². The highest BCUT2D eigenvalue weighted by atomic mass is 16.7. The van der Waals surface area contributed by atoms with Gasteiger partial charge in [0, 0.05) is 23.1 Å². The third kappa shape index (κ3) is 3.69. The van der Waals surface area contributed by atoms with Gasteiger partial charge in [0.1, 0.15) is 0 Å². The van der Waals surface area contributed by atoms with E-state index in [4.69, 9.17) is 14.6 Å². The van der Waals surface area contributed by atoms with E-state index in [-0.39, 0.29) is 24.3 Å². The molecule has 3 heterocycles. The Hall–Kier alpha value is -4.59. The quantitative estimate of drug-likeness (QED) is 0.431. The van der Waals surface area contributed by atoms with Crippen LogP contribution in [-0.4, -0.2) is 46.4 Å². The summed E-state index contributed by atoms with van der Waals surface area (Å²) in [5.41, 5.74) is 4.79. The second kappa shape index (κ2) is 8.32. The van der Waals surface area contributed by atoms with Crippen molar-refractivity contribution in [3.05, 3.63) is 89.1 Å². The molecule has 8 nitrogen and oxygen atoms in total. The van der Waals surface area contributed by atoms with Crippen molar-refractivity contribution in [3.8, 4) is 11.5 Å². The average Bonchev–Trinajstić information content (AvgIpc) is 3.51. The van der Waals surface area contributed by atoms with E-state index >= 15 is 0 Å². The number of rotatable bonds is 4. The number of nitrogens with one attached hydrogen (secondary N) is 1. The Labute approximate surface area is 200 Å². The smallest absolute Gasteiger partial charge is 0.335 e. The number of aromatic amines is 1. The lowest BCUT2D eigenvalue weighted by atomic mass is 9.92. The van der Waals surface area contributed by atoms with Crippen molar-refractivity contribution in [2.24, 2.45) is 4.99 Å². The third-order valence-corrected chi connectivity index (χ3v) is 6.47. The molecule has 35 heavy (non-hydrogen) atoms. The standard InChI is InChI=1S/C27H21N3O5/c31-24(14-28-18-8-5-16(6-9-18)27(32)33)30-12-11-20-19-3-1-2-4-21(19)29-25(20)26(30)17-7-10-22-23(13-17)35-15-34-22/h1-10,13-14,26,29H,11-12,15H2,(H,32,33). The fourth-order valence-electron chi connectivity index (χ4n) is 4.80. The zero-order valence-electron chi connectivity index (χ0n) is 18.6. The van der Waals surface area contributed by atoms with Crippen LogP contribution in [0.2, 0.25) is 0 Å². The summed E-state index contributed by atoms with van der Waals surface area (Å²) in [7, 11) is 0. The van der Waals surface area contributed by atoms with Gasteiger partial charge in [0.15, 0.2) is 11.5 Å². The molecule has 0 aliphatic carbocycles. The van der Waals surface area contributed by atoms with E-state index in [9.17, 15) is 9.59 Å². The van der Waals surface area contributed by atoms with Crippen LogP contribution < -0.4 is 9.47 Å². The highest BCUT2D eigenvalue weighted by molar-refractivity contribution is 6.27. The van der Waals surface area contributed by atoms with Crippen molar-refractivity contribution in [2.75, 3.05) is 13.3 Å². The van der Waals surface area contributed by atoms with E-state index in [1.54, 1.807) is 17.0 Å². The van der Waals surface area contributed by atoms with Crippen molar-refractivity contribution < 1.29 is 24.2 Å². The Bertz CT molecular complexity index is 1490. The van der Waals surface area contributed by atoms with Gasteiger partial charge in [-0.2, -0.15) is 0 Å². The first-order valence-electron chi connectivity index (χ1n) is 11.3. The van der Waals surface area contributed by atoms with Crippen LogP contribution in [0.1, 0.15) is 33.2 Å². The number of hydrogen-bond donors (Lipinski definition) is 2. The van der Waals surface area contributed by atoms with Crippen LogP contribution in [0.3, 0.4) is 0 Å². The number of aromatic carboxylic acids is 1. The molecule has 0 bridgehead atoms. The number of fused-ring (bicyclic) bond motifs is 4. The number of carbonyl (C=O) groups excluding carboxylic acids is 1. The minimum Gasteiger partial charge on any atom is -0.478 e. The Morgan fingerprint density at radius 3 is 2.66 bits per heavy atom. The molecule has 1 atom stereocenters. The Morgan fingerprint density at radius 2 is 1.83 bits per heavy atom. The van der Waals surface area contributed by atoms with E-state index in [0.717, 1.165) is 22.2 Å². The van der Waals surface area contributed by atoms with E-state index in [2.05, 4.69) is 16.0 Å². The summed E-state index contributed by atoms with van der Waals surface area (Å²) in [6.45, 7) is 0.702. The number of amides is 1. The number of carboxylic acid groups (broad SMARTS) is 1. The molecule has 8 heteroatoms. The molecule has 0 spiro atoms.